The molecule has 1 saturated carbocycles. The van der Waals surface area contributed by atoms with Gasteiger partial charge in [-0.05, 0) is 25.0 Å². The van der Waals surface area contributed by atoms with Gasteiger partial charge in [0.1, 0.15) is 5.75 Å². The van der Waals surface area contributed by atoms with Crippen LogP contribution in [0.15, 0.2) is 24.3 Å². The second-order valence-corrected chi connectivity index (χ2v) is 4.61. The first-order chi connectivity index (χ1) is 9.10. The third-order valence-corrected chi connectivity index (χ3v) is 2.90. The van der Waals surface area contributed by atoms with Crippen LogP contribution in [0, 0.1) is 5.92 Å². The van der Waals surface area contributed by atoms with E-state index in [1.165, 1.54) is 14.0 Å². The van der Waals surface area contributed by atoms with Crippen molar-refractivity contribution in [3.05, 3.63) is 24.3 Å². The van der Waals surface area contributed by atoms with Crippen molar-refractivity contribution >= 4 is 17.6 Å². The number of rotatable bonds is 5. The summed E-state index contributed by atoms with van der Waals surface area (Å²) in [4.78, 5) is 22.6. The maximum absolute atomic E-state index is 11.6. The summed E-state index contributed by atoms with van der Waals surface area (Å²) in [6.07, 6.45) is 1.40. The molecule has 1 aromatic rings. The summed E-state index contributed by atoms with van der Waals surface area (Å²) in [7, 11) is 1.36. The highest BCUT2D eigenvalue weighted by molar-refractivity contribution is 5.88. The highest BCUT2D eigenvalue weighted by atomic mass is 16.6. The number of amides is 1. The zero-order valence-electron chi connectivity index (χ0n) is 11.0. The van der Waals surface area contributed by atoms with Crippen LogP contribution in [0.2, 0.25) is 0 Å². The van der Waals surface area contributed by atoms with E-state index in [2.05, 4.69) is 5.32 Å². The van der Waals surface area contributed by atoms with Crippen molar-refractivity contribution in [3.63, 3.8) is 0 Å². The number of benzene rings is 1. The molecule has 1 fully saturated rings. The average Bonchev–Trinajstić information content (AvgIpc) is 3.19. The van der Waals surface area contributed by atoms with Crippen LogP contribution in [-0.2, 0) is 14.3 Å². The van der Waals surface area contributed by atoms with Crippen LogP contribution < -0.4 is 10.1 Å². The second kappa shape index (κ2) is 5.73. The number of carbonyl (C=O) groups is 2. The Labute approximate surface area is 111 Å². The van der Waals surface area contributed by atoms with Crippen molar-refractivity contribution in [2.24, 2.45) is 5.92 Å². The van der Waals surface area contributed by atoms with Crippen LogP contribution in [0.25, 0.3) is 0 Å². The zero-order chi connectivity index (χ0) is 13.8. The number of methoxy groups -OCH3 is 1. The van der Waals surface area contributed by atoms with Gasteiger partial charge in [-0.25, -0.2) is 4.79 Å². The summed E-state index contributed by atoms with van der Waals surface area (Å²) in [5.74, 6) is 0.279. The molecule has 102 valence electrons. The molecule has 0 saturated heterocycles. The third-order valence-electron chi connectivity index (χ3n) is 2.90. The molecule has 1 atom stereocenters. The van der Waals surface area contributed by atoms with E-state index >= 15 is 0 Å². The van der Waals surface area contributed by atoms with Gasteiger partial charge in [-0.1, -0.05) is 6.07 Å². The highest BCUT2D eigenvalue weighted by Crippen LogP contribution is 2.35. The molecule has 0 aliphatic heterocycles. The average molecular weight is 263 g/mol. The molecule has 19 heavy (non-hydrogen) atoms. The first-order valence-electron chi connectivity index (χ1n) is 6.22. The Bertz CT molecular complexity index is 482. The second-order valence-electron chi connectivity index (χ2n) is 4.61. The van der Waals surface area contributed by atoms with Gasteiger partial charge in [-0.3, -0.25) is 4.79 Å². The van der Waals surface area contributed by atoms with Crippen molar-refractivity contribution < 1.29 is 19.1 Å². The minimum absolute atomic E-state index is 0.149. The molecule has 1 amide bonds. The molecule has 1 aliphatic rings. The van der Waals surface area contributed by atoms with E-state index in [-0.39, 0.29) is 17.8 Å². The summed E-state index contributed by atoms with van der Waals surface area (Å²) >= 11 is 0. The predicted molar refractivity (Wildman–Crippen MR) is 69.9 cm³/mol. The SMILES string of the molecule is COC(=O)C(Oc1cccc(NC(C)=O)c1)C1CC1. The van der Waals surface area contributed by atoms with Crippen LogP contribution in [-0.4, -0.2) is 25.1 Å². The summed E-state index contributed by atoms with van der Waals surface area (Å²) in [5, 5.41) is 2.67. The molecule has 0 radical (unpaired) electrons. The molecular formula is C14H17NO4. The van der Waals surface area contributed by atoms with E-state index in [9.17, 15) is 9.59 Å². The quantitative estimate of drug-likeness (QED) is 0.825. The van der Waals surface area contributed by atoms with E-state index in [0.29, 0.717) is 11.4 Å². The number of carbonyl (C=O) groups excluding carboxylic acids is 2. The lowest BCUT2D eigenvalue weighted by Crippen LogP contribution is -2.30. The molecule has 1 aromatic carbocycles. The molecule has 0 spiro atoms. The van der Waals surface area contributed by atoms with E-state index in [4.69, 9.17) is 9.47 Å². The van der Waals surface area contributed by atoms with Crippen molar-refractivity contribution in [2.75, 3.05) is 12.4 Å². The minimum Gasteiger partial charge on any atom is -0.478 e. The Morgan fingerprint density at radius 1 is 1.37 bits per heavy atom. The van der Waals surface area contributed by atoms with Gasteiger partial charge in [0.05, 0.1) is 7.11 Å². The lowest BCUT2D eigenvalue weighted by atomic mass is 10.2. The topological polar surface area (TPSA) is 64.6 Å². The van der Waals surface area contributed by atoms with E-state index in [1.807, 2.05) is 0 Å². The van der Waals surface area contributed by atoms with Gasteiger partial charge in [0.15, 0.2) is 6.10 Å². The van der Waals surface area contributed by atoms with Crippen molar-refractivity contribution in [3.8, 4) is 5.75 Å². The van der Waals surface area contributed by atoms with Crippen LogP contribution in [0.3, 0.4) is 0 Å². The fourth-order valence-electron chi connectivity index (χ4n) is 1.85. The van der Waals surface area contributed by atoms with Gasteiger partial charge < -0.3 is 14.8 Å². The summed E-state index contributed by atoms with van der Waals surface area (Å²) in [6.45, 7) is 1.44. The summed E-state index contributed by atoms with van der Waals surface area (Å²) in [5.41, 5.74) is 0.643. The maximum atomic E-state index is 11.6. The van der Waals surface area contributed by atoms with E-state index < -0.39 is 6.10 Å². The van der Waals surface area contributed by atoms with E-state index in [1.54, 1.807) is 24.3 Å². The highest BCUT2D eigenvalue weighted by Gasteiger charge is 2.39. The Hall–Kier alpha value is -2.04. The number of ether oxygens (including phenoxy) is 2. The largest absolute Gasteiger partial charge is 0.478 e. The molecule has 2 rings (SSSR count). The third kappa shape index (κ3) is 3.71. The Kier molecular flexibility index (Phi) is 4.04. The van der Waals surface area contributed by atoms with Gasteiger partial charge in [-0.15, -0.1) is 0 Å². The summed E-state index contributed by atoms with van der Waals surface area (Å²) < 4.78 is 10.4. The molecule has 0 heterocycles. The fraction of sp³-hybridized carbons (Fsp3) is 0.429. The number of nitrogens with one attached hydrogen (secondary N) is 1. The van der Waals surface area contributed by atoms with Crippen LogP contribution >= 0.6 is 0 Å². The number of hydrogen-bond donors (Lipinski definition) is 1. The fourth-order valence-corrected chi connectivity index (χ4v) is 1.85. The molecule has 0 aromatic heterocycles. The molecule has 1 unspecified atom stereocenters. The first kappa shape index (κ1) is 13.4. The Morgan fingerprint density at radius 3 is 2.68 bits per heavy atom. The number of esters is 1. The monoisotopic (exact) mass is 263 g/mol. The van der Waals surface area contributed by atoms with Crippen molar-refractivity contribution in [1.29, 1.82) is 0 Å². The molecule has 0 bridgehead atoms. The lowest BCUT2D eigenvalue weighted by Gasteiger charge is -2.16. The molecule has 1 N–H and O–H groups in total. The van der Waals surface area contributed by atoms with Gasteiger partial charge in [0.2, 0.25) is 5.91 Å². The minimum atomic E-state index is -0.558. The van der Waals surface area contributed by atoms with Crippen LogP contribution in [0.4, 0.5) is 5.69 Å². The van der Waals surface area contributed by atoms with Gasteiger partial charge in [0.25, 0.3) is 0 Å². The van der Waals surface area contributed by atoms with Gasteiger partial charge >= 0.3 is 5.97 Å². The molecule has 1 aliphatic carbocycles. The number of hydrogen-bond acceptors (Lipinski definition) is 4. The van der Waals surface area contributed by atoms with E-state index in [0.717, 1.165) is 12.8 Å². The first-order valence-corrected chi connectivity index (χ1v) is 6.22. The molecule has 5 heteroatoms. The smallest absolute Gasteiger partial charge is 0.347 e. The van der Waals surface area contributed by atoms with Crippen molar-refractivity contribution in [1.82, 2.24) is 0 Å². The molecule has 5 nitrogen and oxygen atoms in total. The zero-order valence-corrected chi connectivity index (χ0v) is 11.0. The Balaban J connectivity index is 2.08. The van der Waals surface area contributed by atoms with Crippen molar-refractivity contribution in [2.45, 2.75) is 25.9 Å². The standard InChI is InChI=1S/C14H17NO4/c1-9(16)15-11-4-3-5-12(8-11)19-13(10-6-7-10)14(17)18-2/h3-5,8,10,13H,6-7H2,1-2H3,(H,15,16). The normalized spacial score (nSPS) is 15.5. The maximum Gasteiger partial charge on any atom is 0.347 e. The molecular weight excluding hydrogens is 246 g/mol. The number of anilines is 1. The van der Waals surface area contributed by atoms with Gasteiger partial charge in [-0.2, -0.15) is 0 Å². The van der Waals surface area contributed by atoms with Crippen LogP contribution in [0.5, 0.6) is 5.75 Å². The predicted octanol–water partition coefficient (Wildman–Crippen LogP) is 1.98. The summed E-state index contributed by atoms with van der Waals surface area (Å²) in [6, 6.07) is 6.98. The van der Waals surface area contributed by atoms with Gasteiger partial charge in [0, 0.05) is 24.6 Å². The Morgan fingerprint density at radius 2 is 2.11 bits per heavy atom. The lowest BCUT2D eigenvalue weighted by molar-refractivity contribution is -0.149. The van der Waals surface area contributed by atoms with Crippen LogP contribution in [0.1, 0.15) is 19.8 Å².